The summed E-state index contributed by atoms with van der Waals surface area (Å²) < 4.78 is 5.35. The highest BCUT2D eigenvalue weighted by Gasteiger charge is 2.23. The van der Waals surface area contributed by atoms with Gasteiger partial charge in [-0.3, -0.25) is 4.79 Å². The summed E-state index contributed by atoms with van der Waals surface area (Å²) in [7, 11) is 2.11. The van der Waals surface area contributed by atoms with Gasteiger partial charge in [0.2, 0.25) is 5.95 Å². The van der Waals surface area contributed by atoms with Crippen molar-refractivity contribution < 1.29 is 9.53 Å². The minimum atomic E-state index is -0.331. The van der Waals surface area contributed by atoms with Gasteiger partial charge in [-0.25, -0.2) is 9.97 Å². The predicted molar refractivity (Wildman–Crippen MR) is 79.3 cm³/mol. The first-order chi connectivity index (χ1) is 10.2. The smallest absolute Gasteiger partial charge is 0.253 e. The van der Waals surface area contributed by atoms with Gasteiger partial charge in [0.15, 0.2) is 0 Å². The van der Waals surface area contributed by atoms with Gasteiger partial charge in [0.05, 0.1) is 18.1 Å². The lowest BCUT2D eigenvalue weighted by Crippen LogP contribution is -2.45. The van der Waals surface area contributed by atoms with E-state index in [9.17, 15) is 4.79 Å². The van der Waals surface area contributed by atoms with Crippen LogP contribution >= 0.6 is 0 Å². The molecular formula is C14H21N5O2. The quantitative estimate of drug-likeness (QED) is 0.866. The van der Waals surface area contributed by atoms with Crippen LogP contribution < -0.4 is 10.2 Å². The molecule has 0 bridgehead atoms. The average Bonchev–Trinajstić information content (AvgIpc) is 3.03. The van der Waals surface area contributed by atoms with Crippen LogP contribution in [0.4, 0.5) is 11.6 Å². The SMILES string of the molecule is CN1CCN(c2ncc(NC(=O)[C@H]3CCCO3)cn2)CC1. The Morgan fingerprint density at radius 1 is 1.29 bits per heavy atom. The fourth-order valence-electron chi connectivity index (χ4n) is 2.56. The van der Waals surface area contributed by atoms with Gasteiger partial charge >= 0.3 is 0 Å². The third kappa shape index (κ3) is 3.48. The van der Waals surface area contributed by atoms with E-state index in [0.29, 0.717) is 12.3 Å². The summed E-state index contributed by atoms with van der Waals surface area (Å²) in [5.74, 6) is 0.613. The number of likely N-dealkylation sites (N-methyl/N-ethyl adjacent to an activating group) is 1. The molecule has 2 saturated heterocycles. The first kappa shape index (κ1) is 14.2. The van der Waals surface area contributed by atoms with E-state index in [4.69, 9.17) is 4.74 Å². The van der Waals surface area contributed by atoms with E-state index in [2.05, 4.69) is 32.1 Å². The molecule has 0 aliphatic carbocycles. The molecule has 2 aliphatic heterocycles. The Morgan fingerprint density at radius 2 is 2.00 bits per heavy atom. The molecule has 0 radical (unpaired) electrons. The van der Waals surface area contributed by atoms with E-state index >= 15 is 0 Å². The molecule has 0 unspecified atom stereocenters. The van der Waals surface area contributed by atoms with Crippen LogP contribution in [0.15, 0.2) is 12.4 Å². The molecule has 1 amide bonds. The van der Waals surface area contributed by atoms with E-state index in [1.807, 2.05) is 0 Å². The number of hydrogen-bond donors (Lipinski definition) is 1. The summed E-state index contributed by atoms with van der Waals surface area (Å²) in [6, 6.07) is 0. The Kier molecular flexibility index (Phi) is 4.31. The maximum Gasteiger partial charge on any atom is 0.253 e. The lowest BCUT2D eigenvalue weighted by atomic mass is 10.2. The zero-order chi connectivity index (χ0) is 14.7. The number of piperazine rings is 1. The Bertz CT molecular complexity index is 479. The van der Waals surface area contributed by atoms with Crippen LogP contribution in [0.2, 0.25) is 0 Å². The third-order valence-corrected chi connectivity index (χ3v) is 3.91. The van der Waals surface area contributed by atoms with Crippen LogP contribution in [-0.2, 0) is 9.53 Å². The van der Waals surface area contributed by atoms with Gasteiger partial charge in [-0.2, -0.15) is 0 Å². The van der Waals surface area contributed by atoms with Crippen molar-refractivity contribution >= 4 is 17.5 Å². The summed E-state index contributed by atoms with van der Waals surface area (Å²) in [4.78, 5) is 25.1. The molecule has 1 atom stereocenters. The molecule has 1 aromatic heterocycles. The molecular weight excluding hydrogens is 270 g/mol. The van der Waals surface area contributed by atoms with Crippen molar-refractivity contribution in [1.82, 2.24) is 14.9 Å². The molecule has 1 N–H and O–H groups in total. The molecule has 2 fully saturated rings. The normalized spacial score (nSPS) is 23.3. The molecule has 21 heavy (non-hydrogen) atoms. The van der Waals surface area contributed by atoms with Crippen LogP contribution in [0, 0.1) is 0 Å². The van der Waals surface area contributed by atoms with Crippen molar-refractivity contribution in [3.05, 3.63) is 12.4 Å². The van der Waals surface area contributed by atoms with Crippen LogP contribution in [0.1, 0.15) is 12.8 Å². The number of nitrogens with one attached hydrogen (secondary N) is 1. The minimum absolute atomic E-state index is 0.108. The maximum absolute atomic E-state index is 11.9. The van der Waals surface area contributed by atoms with E-state index in [0.717, 1.165) is 45.0 Å². The van der Waals surface area contributed by atoms with Crippen LogP contribution in [0.25, 0.3) is 0 Å². The number of carbonyl (C=O) groups excluding carboxylic acids is 1. The number of aromatic nitrogens is 2. The van der Waals surface area contributed by atoms with Gasteiger partial charge in [0.25, 0.3) is 5.91 Å². The maximum atomic E-state index is 11.9. The molecule has 0 spiro atoms. The first-order valence-corrected chi connectivity index (χ1v) is 7.40. The summed E-state index contributed by atoms with van der Waals surface area (Å²) in [5, 5.41) is 2.81. The molecule has 7 heteroatoms. The summed E-state index contributed by atoms with van der Waals surface area (Å²) in [6.07, 6.45) is 4.71. The molecule has 114 valence electrons. The van der Waals surface area contributed by atoms with Gasteiger partial charge in [-0.15, -0.1) is 0 Å². The van der Waals surface area contributed by atoms with Gasteiger partial charge in [-0.05, 0) is 19.9 Å². The van der Waals surface area contributed by atoms with Gasteiger partial charge in [0.1, 0.15) is 6.10 Å². The lowest BCUT2D eigenvalue weighted by molar-refractivity contribution is -0.124. The standard InChI is InChI=1S/C14H21N5O2/c1-18-4-6-19(7-5-18)14-15-9-11(10-16-14)17-13(20)12-3-2-8-21-12/h9-10,12H,2-8H2,1H3,(H,17,20)/t12-/m1/s1. The van der Waals surface area contributed by atoms with E-state index in [-0.39, 0.29) is 12.0 Å². The number of nitrogens with zero attached hydrogens (tertiary/aromatic N) is 4. The van der Waals surface area contributed by atoms with Crippen molar-refractivity contribution in [3.8, 4) is 0 Å². The third-order valence-electron chi connectivity index (χ3n) is 3.91. The molecule has 0 saturated carbocycles. The van der Waals surface area contributed by atoms with Gasteiger partial charge in [-0.1, -0.05) is 0 Å². The molecule has 1 aromatic rings. The second-order valence-electron chi connectivity index (χ2n) is 5.55. The van der Waals surface area contributed by atoms with E-state index in [1.54, 1.807) is 12.4 Å². The van der Waals surface area contributed by atoms with Gasteiger partial charge < -0.3 is 19.9 Å². The predicted octanol–water partition coefficient (Wildman–Crippen LogP) is 0.346. The van der Waals surface area contributed by atoms with Gasteiger partial charge in [0, 0.05) is 32.8 Å². The van der Waals surface area contributed by atoms with Crippen molar-refractivity contribution in [2.45, 2.75) is 18.9 Å². The van der Waals surface area contributed by atoms with Crippen molar-refractivity contribution in [2.24, 2.45) is 0 Å². The Labute approximate surface area is 124 Å². The molecule has 3 rings (SSSR count). The number of rotatable bonds is 3. The highest BCUT2D eigenvalue weighted by molar-refractivity contribution is 5.94. The minimum Gasteiger partial charge on any atom is -0.368 e. The fraction of sp³-hybridized carbons (Fsp3) is 0.643. The molecule has 3 heterocycles. The van der Waals surface area contributed by atoms with E-state index in [1.165, 1.54) is 0 Å². The Balaban J connectivity index is 1.57. The average molecular weight is 291 g/mol. The monoisotopic (exact) mass is 291 g/mol. The van der Waals surface area contributed by atoms with Crippen LogP contribution in [-0.4, -0.2) is 66.7 Å². The first-order valence-electron chi connectivity index (χ1n) is 7.40. The van der Waals surface area contributed by atoms with Crippen molar-refractivity contribution in [1.29, 1.82) is 0 Å². The summed E-state index contributed by atoms with van der Waals surface area (Å²) in [6.45, 7) is 4.55. The second-order valence-corrected chi connectivity index (χ2v) is 5.55. The molecule has 7 nitrogen and oxygen atoms in total. The number of carbonyl (C=O) groups is 1. The topological polar surface area (TPSA) is 70.6 Å². The summed E-state index contributed by atoms with van der Waals surface area (Å²) in [5.41, 5.74) is 0.619. The summed E-state index contributed by atoms with van der Waals surface area (Å²) >= 11 is 0. The van der Waals surface area contributed by atoms with Crippen molar-refractivity contribution in [3.63, 3.8) is 0 Å². The number of amides is 1. The Hall–Kier alpha value is -1.73. The lowest BCUT2D eigenvalue weighted by Gasteiger charge is -2.32. The van der Waals surface area contributed by atoms with Crippen LogP contribution in [0.3, 0.4) is 0 Å². The zero-order valence-corrected chi connectivity index (χ0v) is 12.3. The second kappa shape index (κ2) is 6.36. The fourth-order valence-corrected chi connectivity index (χ4v) is 2.56. The number of ether oxygens (including phenoxy) is 1. The highest BCUT2D eigenvalue weighted by atomic mass is 16.5. The zero-order valence-electron chi connectivity index (χ0n) is 12.3. The molecule has 2 aliphatic rings. The van der Waals surface area contributed by atoms with E-state index < -0.39 is 0 Å². The van der Waals surface area contributed by atoms with Crippen molar-refractivity contribution in [2.75, 3.05) is 50.1 Å². The van der Waals surface area contributed by atoms with Crippen LogP contribution in [0.5, 0.6) is 0 Å². The largest absolute Gasteiger partial charge is 0.368 e. The number of anilines is 2. The Morgan fingerprint density at radius 3 is 2.62 bits per heavy atom. The highest BCUT2D eigenvalue weighted by Crippen LogP contribution is 2.16. The number of hydrogen-bond acceptors (Lipinski definition) is 6. The molecule has 0 aromatic carbocycles.